The Bertz CT molecular complexity index is 479. The molecule has 2 rings (SSSR count). The number of rotatable bonds is 6. The van der Waals surface area contributed by atoms with Gasteiger partial charge < -0.3 is 5.11 Å². The Morgan fingerprint density at radius 1 is 1.16 bits per heavy atom. The van der Waals surface area contributed by atoms with E-state index in [4.69, 9.17) is 0 Å². The van der Waals surface area contributed by atoms with Crippen LogP contribution in [0.4, 0.5) is 5.69 Å². The van der Waals surface area contributed by atoms with Crippen LogP contribution in [0.5, 0.6) is 0 Å². The molecule has 1 aromatic carbocycles. The highest BCUT2D eigenvalue weighted by Gasteiger charge is 2.30. The van der Waals surface area contributed by atoms with Crippen LogP contribution in [0.1, 0.15) is 55.8 Å². The summed E-state index contributed by atoms with van der Waals surface area (Å²) in [6.45, 7) is 2.18. The summed E-state index contributed by atoms with van der Waals surface area (Å²) in [5.41, 5.74) is 1.23. The third-order valence-corrected chi connectivity index (χ3v) is 3.63. The van der Waals surface area contributed by atoms with Crippen molar-refractivity contribution >= 4 is 17.4 Å². The predicted molar refractivity (Wildman–Crippen MR) is 77.4 cm³/mol. The van der Waals surface area contributed by atoms with Crippen molar-refractivity contribution in [3.05, 3.63) is 29.8 Å². The number of aliphatic hydroxyl groups is 1. The number of benzene rings is 1. The van der Waals surface area contributed by atoms with Crippen LogP contribution in [0.3, 0.4) is 0 Å². The van der Waals surface area contributed by atoms with Crippen molar-refractivity contribution in [2.45, 2.75) is 45.4 Å². The van der Waals surface area contributed by atoms with Crippen molar-refractivity contribution < 1.29 is 9.90 Å². The second-order valence-corrected chi connectivity index (χ2v) is 5.11. The lowest BCUT2D eigenvalue weighted by Crippen LogP contribution is -2.27. The van der Waals surface area contributed by atoms with Gasteiger partial charge in [-0.3, -0.25) is 4.79 Å². The zero-order valence-electron chi connectivity index (χ0n) is 11.4. The maximum atomic E-state index is 12.3. The standard InChI is InChI=1S/C16H21NO2/c1-2-3-4-5-6-10-13-15(18)12-9-7-8-11-14(12)17-16(13)19/h7-9,11,13H,2-6,10H2,1H3,(H,17,19). The maximum Gasteiger partial charge on any atom is 0.197 e. The number of Topliss-reactive ketones (excluding diaryl/α,β-unsaturated/α-hetero) is 1. The first-order valence-corrected chi connectivity index (χ1v) is 7.15. The molecule has 1 heterocycles. The van der Waals surface area contributed by atoms with Gasteiger partial charge in [0.25, 0.3) is 0 Å². The molecule has 0 radical (unpaired) electrons. The molecule has 0 aromatic heterocycles. The summed E-state index contributed by atoms with van der Waals surface area (Å²) < 4.78 is 0. The van der Waals surface area contributed by atoms with Crippen LogP contribution in [0.2, 0.25) is 0 Å². The zero-order valence-corrected chi connectivity index (χ0v) is 11.4. The first kappa shape index (κ1) is 13.8. The van der Waals surface area contributed by atoms with Gasteiger partial charge in [0.2, 0.25) is 0 Å². The van der Waals surface area contributed by atoms with E-state index in [1.54, 1.807) is 12.1 Å². The number of carbonyl (C=O) groups excluding carboxylic acids is 1. The second kappa shape index (κ2) is 6.50. The largest absolute Gasteiger partial charge is 0.496 e. The molecule has 0 amide bonds. The fraction of sp³-hybridized carbons (Fsp3) is 0.500. The summed E-state index contributed by atoms with van der Waals surface area (Å²) in [5, 5.41) is 9.92. The summed E-state index contributed by atoms with van der Waals surface area (Å²) in [6.07, 6.45) is 6.44. The number of para-hydroxylation sites is 1. The first-order chi connectivity index (χ1) is 9.24. The van der Waals surface area contributed by atoms with Crippen LogP contribution in [0.15, 0.2) is 29.3 Å². The third kappa shape index (κ3) is 3.22. The molecule has 1 aliphatic rings. The van der Waals surface area contributed by atoms with Gasteiger partial charge in [-0.05, 0) is 18.6 Å². The van der Waals surface area contributed by atoms with Crippen molar-refractivity contribution in [2.75, 3.05) is 0 Å². The zero-order chi connectivity index (χ0) is 13.7. The quantitative estimate of drug-likeness (QED) is 0.767. The van der Waals surface area contributed by atoms with Crippen molar-refractivity contribution in [1.29, 1.82) is 0 Å². The molecule has 0 aliphatic carbocycles. The average Bonchev–Trinajstić information content (AvgIpc) is 2.42. The molecule has 1 aromatic rings. The van der Waals surface area contributed by atoms with Crippen LogP contribution in [-0.2, 0) is 0 Å². The molecule has 0 spiro atoms. The van der Waals surface area contributed by atoms with Crippen molar-refractivity contribution in [3.63, 3.8) is 0 Å². The van der Waals surface area contributed by atoms with Crippen LogP contribution >= 0.6 is 0 Å². The van der Waals surface area contributed by atoms with Crippen molar-refractivity contribution in [3.8, 4) is 0 Å². The lowest BCUT2D eigenvalue weighted by molar-refractivity contribution is 0.0937. The minimum absolute atomic E-state index is 0.0126. The Kier molecular flexibility index (Phi) is 4.72. The summed E-state index contributed by atoms with van der Waals surface area (Å²) in [4.78, 5) is 16.5. The Labute approximate surface area is 114 Å². The van der Waals surface area contributed by atoms with E-state index in [1.807, 2.05) is 12.1 Å². The summed E-state index contributed by atoms with van der Waals surface area (Å²) in [5.74, 6) is -0.436. The third-order valence-electron chi connectivity index (χ3n) is 3.63. The minimum Gasteiger partial charge on any atom is -0.496 e. The number of aliphatic imine (C=N–C) groups is 1. The van der Waals surface area contributed by atoms with Gasteiger partial charge in [-0.25, -0.2) is 4.99 Å². The fourth-order valence-corrected chi connectivity index (χ4v) is 2.50. The molecule has 1 unspecified atom stereocenters. The number of hydrogen-bond donors (Lipinski definition) is 1. The highest BCUT2D eigenvalue weighted by atomic mass is 16.3. The number of aliphatic hydroxyl groups excluding tert-OH is 1. The number of unbranched alkanes of at least 4 members (excludes halogenated alkanes) is 4. The summed E-state index contributed by atoms with van der Waals surface area (Å²) >= 11 is 0. The average molecular weight is 259 g/mol. The Morgan fingerprint density at radius 2 is 1.89 bits per heavy atom. The Hall–Kier alpha value is -1.64. The normalized spacial score (nSPS) is 18.1. The van der Waals surface area contributed by atoms with E-state index < -0.39 is 5.92 Å². The van der Waals surface area contributed by atoms with Crippen LogP contribution in [-0.4, -0.2) is 16.8 Å². The monoisotopic (exact) mass is 259 g/mol. The van der Waals surface area contributed by atoms with E-state index in [-0.39, 0.29) is 11.7 Å². The van der Waals surface area contributed by atoms with E-state index in [0.29, 0.717) is 17.7 Å². The minimum atomic E-state index is -0.434. The SMILES string of the molecule is CCCCCCCC1C(=O)c2ccccc2N=C1O. The Balaban J connectivity index is 1.98. The van der Waals surface area contributed by atoms with Gasteiger partial charge in [-0.15, -0.1) is 0 Å². The molecule has 3 nitrogen and oxygen atoms in total. The van der Waals surface area contributed by atoms with Gasteiger partial charge in [0.05, 0.1) is 11.6 Å². The van der Waals surface area contributed by atoms with Gasteiger partial charge in [-0.1, -0.05) is 51.2 Å². The topological polar surface area (TPSA) is 49.7 Å². The molecule has 102 valence electrons. The maximum absolute atomic E-state index is 12.3. The molecule has 19 heavy (non-hydrogen) atoms. The number of ketones is 1. The van der Waals surface area contributed by atoms with Crippen LogP contribution in [0.25, 0.3) is 0 Å². The van der Waals surface area contributed by atoms with E-state index >= 15 is 0 Å². The van der Waals surface area contributed by atoms with Crippen molar-refractivity contribution in [2.24, 2.45) is 10.9 Å². The first-order valence-electron chi connectivity index (χ1n) is 7.15. The summed E-state index contributed by atoms with van der Waals surface area (Å²) in [7, 11) is 0. The molecule has 0 bridgehead atoms. The molecule has 1 N–H and O–H groups in total. The smallest absolute Gasteiger partial charge is 0.197 e. The molecular weight excluding hydrogens is 238 g/mol. The van der Waals surface area contributed by atoms with Crippen LogP contribution in [0, 0.1) is 5.92 Å². The van der Waals surface area contributed by atoms with E-state index in [1.165, 1.54) is 19.3 Å². The lowest BCUT2D eigenvalue weighted by Gasteiger charge is -2.19. The molecule has 1 aliphatic heterocycles. The summed E-state index contributed by atoms with van der Waals surface area (Å²) in [6, 6.07) is 7.22. The highest BCUT2D eigenvalue weighted by molar-refractivity contribution is 6.15. The van der Waals surface area contributed by atoms with E-state index in [9.17, 15) is 9.90 Å². The number of hydrogen-bond acceptors (Lipinski definition) is 2. The number of fused-ring (bicyclic) bond motifs is 1. The van der Waals surface area contributed by atoms with E-state index in [2.05, 4.69) is 11.9 Å². The van der Waals surface area contributed by atoms with Crippen molar-refractivity contribution in [1.82, 2.24) is 0 Å². The van der Waals surface area contributed by atoms with Gasteiger partial charge in [0, 0.05) is 5.56 Å². The molecular formula is C16H21NO2. The van der Waals surface area contributed by atoms with Gasteiger partial charge >= 0.3 is 0 Å². The number of nitrogens with zero attached hydrogens (tertiary/aromatic N) is 1. The van der Waals surface area contributed by atoms with Gasteiger partial charge in [0.15, 0.2) is 11.7 Å². The number of carbonyl (C=O) groups is 1. The fourth-order valence-electron chi connectivity index (χ4n) is 2.50. The predicted octanol–water partition coefficient (Wildman–Crippen LogP) is 4.45. The molecule has 0 saturated heterocycles. The van der Waals surface area contributed by atoms with Crippen LogP contribution < -0.4 is 0 Å². The highest BCUT2D eigenvalue weighted by Crippen LogP contribution is 2.30. The molecule has 0 saturated carbocycles. The molecule has 3 heteroatoms. The second-order valence-electron chi connectivity index (χ2n) is 5.11. The lowest BCUT2D eigenvalue weighted by atomic mass is 9.89. The van der Waals surface area contributed by atoms with Gasteiger partial charge in [0.1, 0.15) is 0 Å². The van der Waals surface area contributed by atoms with E-state index in [0.717, 1.165) is 12.8 Å². The Morgan fingerprint density at radius 3 is 2.68 bits per heavy atom. The molecule has 1 atom stereocenters. The van der Waals surface area contributed by atoms with Gasteiger partial charge in [-0.2, -0.15) is 0 Å². The molecule has 0 fully saturated rings.